The van der Waals surface area contributed by atoms with Crippen LogP contribution in [0.5, 0.6) is 5.75 Å². The van der Waals surface area contributed by atoms with Crippen molar-refractivity contribution in [3.8, 4) is 5.75 Å². The molecule has 0 bridgehead atoms. The molecule has 0 fully saturated rings. The van der Waals surface area contributed by atoms with Crippen molar-refractivity contribution in [3.63, 3.8) is 0 Å². The van der Waals surface area contributed by atoms with E-state index in [0.29, 0.717) is 58.2 Å². The molecule has 1 atom stereocenters. The Kier molecular flexibility index (Phi) is 8.13. The number of amides is 2. The molecule has 224 valence electrons. The van der Waals surface area contributed by atoms with Gasteiger partial charge in [0, 0.05) is 28.7 Å². The molecule has 2 amide bonds. The summed E-state index contributed by atoms with van der Waals surface area (Å²) >= 11 is 4.73. The highest BCUT2D eigenvalue weighted by Gasteiger charge is 2.38. The monoisotopic (exact) mass is 670 g/mol. The number of para-hydroxylation sites is 1. The Morgan fingerprint density at radius 2 is 1.73 bits per heavy atom. The molecular formula is C34H31BrN4O4S. The van der Waals surface area contributed by atoms with Gasteiger partial charge in [-0.2, -0.15) is 0 Å². The van der Waals surface area contributed by atoms with Crippen molar-refractivity contribution in [1.29, 1.82) is 0 Å². The lowest BCUT2D eigenvalue weighted by Crippen LogP contribution is -2.43. The topological polar surface area (TPSA) is 84.2 Å². The van der Waals surface area contributed by atoms with Crippen LogP contribution in [0.4, 0.5) is 5.69 Å². The fraction of sp³-hybridized carbons (Fsp3) is 0.235. The van der Waals surface area contributed by atoms with Crippen molar-refractivity contribution in [1.82, 2.24) is 9.47 Å². The lowest BCUT2D eigenvalue weighted by molar-refractivity contribution is -0.127. The Bertz CT molecular complexity index is 2010. The Morgan fingerprint density at radius 3 is 2.43 bits per heavy atom. The molecule has 6 rings (SSSR count). The third-order valence-corrected chi connectivity index (χ3v) is 9.65. The van der Waals surface area contributed by atoms with Gasteiger partial charge in [0.25, 0.3) is 17.4 Å². The van der Waals surface area contributed by atoms with Crippen molar-refractivity contribution >= 4 is 50.3 Å². The molecule has 0 unspecified atom stereocenters. The minimum Gasteiger partial charge on any atom is -0.496 e. The van der Waals surface area contributed by atoms with E-state index in [1.807, 2.05) is 86.6 Å². The van der Waals surface area contributed by atoms with Crippen molar-refractivity contribution in [3.05, 3.63) is 125 Å². The van der Waals surface area contributed by atoms with Gasteiger partial charge in [-0.25, -0.2) is 4.99 Å². The predicted molar refractivity (Wildman–Crippen MR) is 175 cm³/mol. The van der Waals surface area contributed by atoms with E-state index in [4.69, 9.17) is 9.73 Å². The first-order valence-corrected chi connectivity index (χ1v) is 16.0. The highest BCUT2D eigenvalue weighted by molar-refractivity contribution is 9.10. The predicted octanol–water partition coefficient (Wildman–Crippen LogP) is 4.79. The van der Waals surface area contributed by atoms with Gasteiger partial charge in [0.15, 0.2) is 4.80 Å². The summed E-state index contributed by atoms with van der Waals surface area (Å²) in [6.07, 6.45) is 0. The minimum absolute atomic E-state index is 0.189. The fourth-order valence-electron chi connectivity index (χ4n) is 5.96. The number of fused-ring (bicyclic) bond motifs is 2. The Morgan fingerprint density at radius 1 is 1.02 bits per heavy atom. The van der Waals surface area contributed by atoms with Gasteiger partial charge in [0.2, 0.25) is 0 Å². The molecule has 4 aromatic rings. The number of rotatable bonds is 7. The third-order valence-electron chi connectivity index (χ3n) is 8.10. The molecule has 8 nitrogen and oxygen atoms in total. The van der Waals surface area contributed by atoms with Crippen LogP contribution < -0.4 is 24.5 Å². The Hall–Kier alpha value is -4.28. The number of aromatic nitrogens is 1. The third kappa shape index (κ3) is 4.92. The second-order valence-corrected chi connectivity index (χ2v) is 12.4. The number of nitrogens with zero attached hydrogens (tertiary/aromatic N) is 4. The summed E-state index contributed by atoms with van der Waals surface area (Å²) in [6.45, 7) is 7.03. The number of thiazole rings is 1. The molecular weight excluding hydrogens is 640 g/mol. The van der Waals surface area contributed by atoms with Crippen molar-refractivity contribution in [2.45, 2.75) is 33.4 Å². The van der Waals surface area contributed by atoms with E-state index in [0.717, 1.165) is 15.7 Å². The van der Waals surface area contributed by atoms with Crippen LogP contribution in [-0.2, 0) is 16.1 Å². The summed E-state index contributed by atoms with van der Waals surface area (Å²) in [4.78, 5) is 51.5. The van der Waals surface area contributed by atoms with Crippen LogP contribution in [0.2, 0.25) is 0 Å². The zero-order valence-corrected chi connectivity index (χ0v) is 27.2. The maximum atomic E-state index is 14.6. The lowest BCUT2D eigenvalue weighted by Gasteiger charge is -2.29. The van der Waals surface area contributed by atoms with E-state index in [1.165, 1.54) is 11.3 Å². The maximum Gasteiger partial charge on any atom is 0.271 e. The van der Waals surface area contributed by atoms with Gasteiger partial charge in [0.05, 0.1) is 36.2 Å². The van der Waals surface area contributed by atoms with E-state index in [-0.39, 0.29) is 21.9 Å². The van der Waals surface area contributed by atoms with Gasteiger partial charge in [0.1, 0.15) is 16.3 Å². The molecule has 3 aromatic carbocycles. The van der Waals surface area contributed by atoms with Gasteiger partial charge in [-0.15, -0.1) is 0 Å². The summed E-state index contributed by atoms with van der Waals surface area (Å²) < 4.78 is 8.36. The first-order valence-electron chi connectivity index (χ1n) is 14.4. The van der Waals surface area contributed by atoms with E-state index >= 15 is 0 Å². The SMILES string of the molecule is CCN(CC)C(=O)C1=C(C)N=c2s/c(=C3/C(=O)N(Cc4ccccc4)c4ccc(Br)cc43)c(=O)n2[C@@H]1c1ccccc1OC. The number of carbonyl (C=O) groups is 2. The summed E-state index contributed by atoms with van der Waals surface area (Å²) in [7, 11) is 1.57. The molecule has 44 heavy (non-hydrogen) atoms. The molecule has 2 aliphatic heterocycles. The van der Waals surface area contributed by atoms with E-state index in [2.05, 4.69) is 15.9 Å². The first-order chi connectivity index (χ1) is 21.3. The number of halogens is 1. The quantitative estimate of drug-likeness (QED) is 0.283. The largest absolute Gasteiger partial charge is 0.496 e. The smallest absolute Gasteiger partial charge is 0.271 e. The number of methoxy groups -OCH3 is 1. The Labute approximate surface area is 267 Å². The van der Waals surface area contributed by atoms with Crippen LogP contribution >= 0.6 is 27.3 Å². The van der Waals surface area contributed by atoms with Crippen LogP contribution in [0.25, 0.3) is 5.57 Å². The van der Waals surface area contributed by atoms with Crippen molar-refractivity contribution in [2.24, 2.45) is 4.99 Å². The highest BCUT2D eigenvalue weighted by atomic mass is 79.9. The maximum absolute atomic E-state index is 14.6. The van der Waals surface area contributed by atoms with Gasteiger partial charge < -0.3 is 14.5 Å². The summed E-state index contributed by atoms with van der Waals surface area (Å²) in [5.41, 5.74) is 3.95. The molecule has 1 aromatic heterocycles. The van der Waals surface area contributed by atoms with E-state index in [1.54, 1.807) is 28.4 Å². The van der Waals surface area contributed by atoms with Crippen LogP contribution in [0.3, 0.4) is 0 Å². The van der Waals surface area contributed by atoms with E-state index < -0.39 is 6.04 Å². The highest BCUT2D eigenvalue weighted by Crippen LogP contribution is 2.39. The summed E-state index contributed by atoms with van der Waals surface area (Å²) in [5, 5.41) is 0. The number of carbonyl (C=O) groups excluding carboxylic acids is 2. The number of anilines is 1. The zero-order chi connectivity index (χ0) is 31.1. The molecule has 0 aliphatic carbocycles. The van der Waals surface area contributed by atoms with Crippen LogP contribution in [-0.4, -0.2) is 41.5 Å². The molecule has 3 heterocycles. The van der Waals surface area contributed by atoms with E-state index in [9.17, 15) is 14.4 Å². The normalized spacial score (nSPS) is 16.9. The number of allylic oxidation sites excluding steroid dienone is 1. The van der Waals surface area contributed by atoms with Gasteiger partial charge in [-0.3, -0.25) is 19.0 Å². The zero-order valence-electron chi connectivity index (χ0n) is 24.8. The van der Waals surface area contributed by atoms with Crippen LogP contribution in [0.1, 0.15) is 43.5 Å². The second-order valence-electron chi connectivity index (χ2n) is 10.5. The lowest BCUT2D eigenvalue weighted by atomic mass is 9.94. The molecule has 2 aliphatic rings. The molecule has 0 radical (unpaired) electrons. The van der Waals surface area contributed by atoms with Gasteiger partial charge in [-0.1, -0.05) is 75.8 Å². The fourth-order valence-corrected chi connectivity index (χ4v) is 7.46. The Balaban J connectivity index is 1.62. The molecule has 0 saturated carbocycles. The molecule has 0 spiro atoms. The number of benzene rings is 3. The summed E-state index contributed by atoms with van der Waals surface area (Å²) in [6, 6.07) is 22.0. The standard InChI is InChI=1S/C34H31BrN4O4S/c1-5-37(6-2)31(40)27-20(3)36-34-39(29(27)23-14-10-11-15-26(23)43-4)33(42)30(44-34)28-24-18-22(35)16-17-25(24)38(32(28)41)19-21-12-8-7-9-13-21/h7-18,29H,5-6,19H2,1-4H3/b30-28+/t29-/m1/s1. The van der Waals surface area contributed by atoms with Gasteiger partial charge >= 0.3 is 0 Å². The molecule has 10 heteroatoms. The number of likely N-dealkylation sites (N-methyl/N-ethyl adjacent to an activating group) is 1. The minimum atomic E-state index is -0.788. The molecule has 0 saturated heterocycles. The van der Waals surface area contributed by atoms with Crippen LogP contribution in [0.15, 0.2) is 98.3 Å². The number of hydrogen-bond donors (Lipinski definition) is 0. The van der Waals surface area contributed by atoms with Crippen molar-refractivity contribution < 1.29 is 14.3 Å². The van der Waals surface area contributed by atoms with Crippen LogP contribution in [0, 0.1) is 0 Å². The molecule has 0 N–H and O–H groups in total. The average Bonchev–Trinajstić information content (AvgIpc) is 3.48. The summed E-state index contributed by atoms with van der Waals surface area (Å²) in [5.74, 6) is 0.108. The number of ether oxygens (including phenoxy) is 1. The first kappa shape index (κ1) is 29.8. The van der Waals surface area contributed by atoms with Gasteiger partial charge in [-0.05, 0) is 50.6 Å². The number of hydrogen-bond acceptors (Lipinski definition) is 6. The van der Waals surface area contributed by atoms with Crippen molar-refractivity contribution in [2.75, 3.05) is 25.1 Å². The second kappa shape index (κ2) is 12.0. The average molecular weight is 672 g/mol.